The first kappa shape index (κ1) is 19.3. The summed E-state index contributed by atoms with van der Waals surface area (Å²) in [5, 5.41) is 2.51. The van der Waals surface area contributed by atoms with Gasteiger partial charge in [-0.1, -0.05) is 0 Å². The minimum atomic E-state index is -0.424. The van der Waals surface area contributed by atoms with Gasteiger partial charge in [-0.3, -0.25) is 14.4 Å². The largest absolute Gasteiger partial charge is 0.497 e. The van der Waals surface area contributed by atoms with Crippen LogP contribution in [0.3, 0.4) is 0 Å². The molecule has 0 radical (unpaired) electrons. The number of ether oxygens (including phenoxy) is 1. The summed E-state index contributed by atoms with van der Waals surface area (Å²) in [6.45, 7) is -0.156. The summed E-state index contributed by atoms with van der Waals surface area (Å²) in [7, 11) is 1.55. The summed E-state index contributed by atoms with van der Waals surface area (Å²) in [5.74, 6) is -0.405. The number of carbonyl (C=O) groups excluding carboxylic acids is 3. The SMILES string of the molecule is COc1ccc(C(=O)CCCC(=O)NCC(=O)c2ccc(F)cc2)cc1. The number of rotatable bonds is 9. The fourth-order valence-corrected chi connectivity index (χ4v) is 2.34. The number of Topliss-reactive ketones (excluding diaryl/α,β-unsaturated/α-hetero) is 2. The van der Waals surface area contributed by atoms with Crippen molar-refractivity contribution in [3.8, 4) is 5.75 Å². The number of halogens is 1. The van der Waals surface area contributed by atoms with Crippen LogP contribution in [0.2, 0.25) is 0 Å². The number of carbonyl (C=O) groups is 3. The molecule has 0 atom stereocenters. The van der Waals surface area contributed by atoms with Gasteiger partial charge in [0.2, 0.25) is 5.91 Å². The number of methoxy groups -OCH3 is 1. The molecule has 2 rings (SSSR count). The third-order valence-corrected chi connectivity index (χ3v) is 3.83. The van der Waals surface area contributed by atoms with Gasteiger partial charge < -0.3 is 10.1 Å². The Hall–Kier alpha value is -3.02. The summed E-state index contributed by atoms with van der Waals surface area (Å²) in [5.41, 5.74) is 0.902. The van der Waals surface area contributed by atoms with Crippen LogP contribution in [0.15, 0.2) is 48.5 Å². The van der Waals surface area contributed by atoms with Crippen LogP contribution in [0, 0.1) is 5.82 Å². The third kappa shape index (κ3) is 5.81. The zero-order valence-corrected chi connectivity index (χ0v) is 14.5. The molecule has 0 unspecified atom stereocenters. The standard InChI is InChI=1S/C20H20FNO4/c1-26-17-11-7-14(8-12-17)18(23)3-2-4-20(25)22-13-19(24)15-5-9-16(21)10-6-15/h5-12H,2-4,13H2,1H3,(H,22,25). The van der Waals surface area contributed by atoms with Gasteiger partial charge in [-0.25, -0.2) is 4.39 Å². The van der Waals surface area contributed by atoms with Crippen molar-refractivity contribution in [2.24, 2.45) is 0 Å². The first-order valence-corrected chi connectivity index (χ1v) is 8.22. The monoisotopic (exact) mass is 357 g/mol. The summed E-state index contributed by atoms with van der Waals surface area (Å²) >= 11 is 0. The van der Waals surface area contributed by atoms with Crippen molar-refractivity contribution in [1.82, 2.24) is 5.32 Å². The number of nitrogens with one attached hydrogen (secondary N) is 1. The van der Waals surface area contributed by atoms with Gasteiger partial charge in [0.1, 0.15) is 11.6 Å². The Bertz CT molecular complexity index is 769. The van der Waals surface area contributed by atoms with Crippen LogP contribution in [-0.2, 0) is 4.79 Å². The van der Waals surface area contributed by atoms with E-state index in [4.69, 9.17) is 4.74 Å². The van der Waals surface area contributed by atoms with Gasteiger partial charge in [0, 0.05) is 24.0 Å². The van der Waals surface area contributed by atoms with E-state index in [-0.39, 0.29) is 36.9 Å². The van der Waals surface area contributed by atoms with Crippen LogP contribution in [0.4, 0.5) is 4.39 Å². The van der Waals surface area contributed by atoms with Crippen LogP contribution < -0.4 is 10.1 Å². The molecule has 0 bridgehead atoms. The maximum atomic E-state index is 12.8. The Morgan fingerprint density at radius 3 is 2.08 bits per heavy atom. The summed E-state index contributed by atoms with van der Waals surface area (Å²) in [6.07, 6.45) is 0.783. The predicted octanol–water partition coefficient (Wildman–Crippen LogP) is 3.19. The summed E-state index contributed by atoms with van der Waals surface area (Å²) in [4.78, 5) is 35.7. The molecular weight excluding hydrogens is 337 g/mol. The fraction of sp³-hybridized carbons (Fsp3) is 0.250. The van der Waals surface area contributed by atoms with E-state index in [0.717, 1.165) is 0 Å². The van der Waals surface area contributed by atoms with Crippen LogP contribution in [0.25, 0.3) is 0 Å². The lowest BCUT2D eigenvalue weighted by molar-refractivity contribution is -0.121. The molecule has 0 fully saturated rings. The first-order valence-electron chi connectivity index (χ1n) is 8.22. The van der Waals surface area contributed by atoms with Crippen molar-refractivity contribution in [2.75, 3.05) is 13.7 Å². The average molecular weight is 357 g/mol. The molecule has 0 saturated carbocycles. The molecule has 2 aromatic rings. The molecule has 1 amide bonds. The van der Waals surface area contributed by atoms with E-state index >= 15 is 0 Å². The quantitative estimate of drug-likeness (QED) is 0.700. The van der Waals surface area contributed by atoms with Crippen molar-refractivity contribution < 1.29 is 23.5 Å². The smallest absolute Gasteiger partial charge is 0.220 e. The van der Waals surface area contributed by atoms with Gasteiger partial charge in [-0.15, -0.1) is 0 Å². The molecule has 0 saturated heterocycles. The molecule has 0 spiro atoms. The number of hydrogen-bond donors (Lipinski definition) is 1. The molecule has 6 heteroatoms. The number of hydrogen-bond acceptors (Lipinski definition) is 4. The van der Waals surface area contributed by atoms with E-state index in [0.29, 0.717) is 23.3 Å². The molecule has 0 aliphatic carbocycles. The molecule has 5 nitrogen and oxygen atoms in total. The molecule has 26 heavy (non-hydrogen) atoms. The van der Waals surface area contributed by atoms with Crippen LogP contribution in [-0.4, -0.2) is 31.1 Å². The number of amides is 1. The highest BCUT2D eigenvalue weighted by Gasteiger charge is 2.10. The Morgan fingerprint density at radius 1 is 0.885 bits per heavy atom. The van der Waals surface area contributed by atoms with Crippen molar-refractivity contribution in [3.05, 3.63) is 65.5 Å². The highest BCUT2D eigenvalue weighted by molar-refractivity contribution is 5.99. The highest BCUT2D eigenvalue weighted by atomic mass is 19.1. The van der Waals surface area contributed by atoms with Crippen molar-refractivity contribution in [2.45, 2.75) is 19.3 Å². The molecular formula is C20H20FNO4. The molecule has 136 valence electrons. The maximum Gasteiger partial charge on any atom is 0.220 e. The maximum absolute atomic E-state index is 12.8. The van der Waals surface area contributed by atoms with Crippen molar-refractivity contribution >= 4 is 17.5 Å². The van der Waals surface area contributed by atoms with Crippen molar-refractivity contribution in [3.63, 3.8) is 0 Å². The van der Waals surface area contributed by atoms with Gasteiger partial charge in [0.25, 0.3) is 0 Å². The zero-order chi connectivity index (χ0) is 18.9. The molecule has 0 aliphatic rings. The number of ketones is 2. The summed E-state index contributed by atoms with van der Waals surface area (Å²) in [6, 6.07) is 11.9. The van der Waals surface area contributed by atoms with Crippen LogP contribution >= 0.6 is 0 Å². The van der Waals surface area contributed by atoms with E-state index in [9.17, 15) is 18.8 Å². The molecule has 0 heterocycles. The predicted molar refractivity (Wildman–Crippen MR) is 94.9 cm³/mol. The Kier molecular flexibility index (Phi) is 7.02. The second kappa shape index (κ2) is 9.46. The normalized spacial score (nSPS) is 10.2. The van der Waals surface area contributed by atoms with E-state index < -0.39 is 5.82 Å². The Balaban J connectivity index is 1.70. The highest BCUT2D eigenvalue weighted by Crippen LogP contribution is 2.13. The fourth-order valence-electron chi connectivity index (χ4n) is 2.34. The lowest BCUT2D eigenvalue weighted by Gasteiger charge is -2.05. The minimum absolute atomic E-state index is 0.0529. The van der Waals surface area contributed by atoms with Crippen molar-refractivity contribution in [1.29, 1.82) is 0 Å². The molecule has 0 aromatic heterocycles. The lowest BCUT2D eigenvalue weighted by Crippen LogP contribution is -2.29. The lowest BCUT2D eigenvalue weighted by atomic mass is 10.1. The van der Waals surface area contributed by atoms with Gasteiger partial charge in [0.05, 0.1) is 13.7 Å². The zero-order valence-electron chi connectivity index (χ0n) is 14.5. The van der Waals surface area contributed by atoms with E-state index in [1.165, 1.54) is 24.3 Å². The van der Waals surface area contributed by atoms with Gasteiger partial charge in [-0.05, 0) is 55.0 Å². The van der Waals surface area contributed by atoms with E-state index in [1.54, 1.807) is 31.4 Å². The number of benzene rings is 2. The topological polar surface area (TPSA) is 72.5 Å². The van der Waals surface area contributed by atoms with E-state index in [2.05, 4.69) is 5.32 Å². The summed E-state index contributed by atoms with van der Waals surface area (Å²) < 4.78 is 17.8. The van der Waals surface area contributed by atoms with E-state index in [1.807, 2.05) is 0 Å². The Morgan fingerprint density at radius 2 is 1.46 bits per heavy atom. The van der Waals surface area contributed by atoms with Crippen LogP contribution in [0.5, 0.6) is 5.75 Å². The van der Waals surface area contributed by atoms with Crippen LogP contribution in [0.1, 0.15) is 40.0 Å². The van der Waals surface area contributed by atoms with Gasteiger partial charge >= 0.3 is 0 Å². The van der Waals surface area contributed by atoms with Gasteiger partial charge in [0.15, 0.2) is 11.6 Å². The average Bonchev–Trinajstić information content (AvgIpc) is 2.66. The second-order valence-electron chi connectivity index (χ2n) is 5.71. The molecule has 2 aromatic carbocycles. The Labute approximate surface area is 151 Å². The minimum Gasteiger partial charge on any atom is -0.497 e. The molecule has 0 aliphatic heterocycles. The molecule has 1 N–H and O–H groups in total. The first-order chi connectivity index (χ1) is 12.5. The third-order valence-electron chi connectivity index (χ3n) is 3.83. The second-order valence-corrected chi connectivity index (χ2v) is 5.71. The van der Waals surface area contributed by atoms with Gasteiger partial charge in [-0.2, -0.15) is 0 Å².